The standard InChI is InChI=1S/C4H7NO4/c1-4(5(6)7)8-2-3-9-4/h2-3H2,1H3. The van der Waals surface area contributed by atoms with E-state index in [0.29, 0.717) is 13.2 Å². The van der Waals surface area contributed by atoms with E-state index in [2.05, 4.69) is 9.47 Å². The van der Waals surface area contributed by atoms with E-state index >= 15 is 0 Å². The molecule has 9 heavy (non-hydrogen) atoms. The van der Waals surface area contributed by atoms with E-state index < -0.39 is 10.8 Å². The molecule has 0 bridgehead atoms. The lowest BCUT2D eigenvalue weighted by atomic mass is 10.6. The molecule has 0 aromatic carbocycles. The minimum Gasteiger partial charge on any atom is -0.289 e. The van der Waals surface area contributed by atoms with Crippen molar-refractivity contribution in [1.82, 2.24) is 0 Å². The molecule has 0 spiro atoms. The Morgan fingerprint density at radius 2 is 2.00 bits per heavy atom. The van der Waals surface area contributed by atoms with Crippen LogP contribution in [0.1, 0.15) is 6.92 Å². The summed E-state index contributed by atoms with van der Waals surface area (Å²) in [5.41, 5.74) is 0. The summed E-state index contributed by atoms with van der Waals surface area (Å²) in [4.78, 5) is 9.50. The lowest BCUT2D eigenvalue weighted by Crippen LogP contribution is -2.35. The molecule has 1 heterocycles. The van der Waals surface area contributed by atoms with Crippen LogP contribution in [0.2, 0.25) is 0 Å². The van der Waals surface area contributed by atoms with Crippen LogP contribution in [-0.2, 0) is 9.47 Å². The largest absolute Gasteiger partial charge is 0.439 e. The summed E-state index contributed by atoms with van der Waals surface area (Å²) in [6.07, 6.45) is 0. The summed E-state index contributed by atoms with van der Waals surface area (Å²) < 4.78 is 9.36. The molecular formula is C4H7NO4. The van der Waals surface area contributed by atoms with Crippen molar-refractivity contribution >= 4 is 0 Å². The summed E-state index contributed by atoms with van der Waals surface area (Å²) in [6, 6.07) is 0. The van der Waals surface area contributed by atoms with Gasteiger partial charge >= 0.3 is 5.91 Å². The van der Waals surface area contributed by atoms with E-state index in [0.717, 1.165) is 0 Å². The molecule has 0 unspecified atom stereocenters. The summed E-state index contributed by atoms with van der Waals surface area (Å²) in [7, 11) is 0. The number of hydrogen-bond acceptors (Lipinski definition) is 4. The van der Waals surface area contributed by atoms with Crippen molar-refractivity contribution in [1.29, 1.82) is 0 Å². The van der Waals surface area contributed by atoms with Gasteiger partial charge in [-0.15, -0.1) is 0 Å². The molecule has 1 rings (SSSR count). The summed E-state index contributed by atoms with van der Waals surface area (Å²) >= 11 is 0. The maximum atomic E-state index is 10.1. The highest BCUT2D eigenvalue weighted by Crippen LogP contribution is 2.17. The zero-order valence-electron chi connectivity index (χ0n) is 4.99. The van der Waals surface area contributed by atoms with Gasteiger partial charge in [0.1, 0.15) is 0 Å². The van der Waals surface area contributed by atoms with Crippen LogP contribution in [0.4, 0.5) is 0 Å². The second-order valence-corrected chi connectivity index (χ2v) is 1.85. The molecule has 52 valence electrons. The Hall–Kier alpha value is -0.680. The Balaban J connectivity index is 2.61. The van der Waals surface area contributed by atoms with Crippen molar-refractivity contribution in [3.63, 3.8) is 0 Å². The Bertz CT molecular complexity index is 129. The molecule has 0 aromatic heterocycles. The van der Waals surface area contributed by atoms with E-state index in [4.69, 9.17) is 0 Å². The van der Waals surface area contributed by atoms with Crippen LogP contribution in [0, 0.1) is 10.1 Å². The van der Waals surface area contributed by atoms with Crippen LogP contribution in [0.3, 0.4) is 0 Å². The molecule has 0 aromatic rings. The van der Waals surface area contributed by atoms with E-state index in [1.165, 1.54) is 6.92 Å². The van der Waals surface area contributed by atoms with Gasteiger partial charge in [-0.3, -0.25) is 19.6 Å². The number of ether oxygens (including phenoxy) is 2. The zero-order chi connectivity index (χ0) is 6.91. The molecule has 0 radical (unpaired) electrons. The average molecular weight is 133 g/mol. The van der Waals surface area contributed by atoms with Gasteiger partial charge in [0.15, 0.2) is 0 Å². The Morgan fingerprint density at radius 1 is 1.56 bits per heavy atom. The first-order valence-electron chi connectivity index (χ1n) is 2.57. The molecule has 1 fully saturated rings. The minimum atomic E-state index is -1.58. The van der Waals surface area contributed by atoms with Crippen molar-refractivity contribution in [2.75, 3.05) is 13.2 Å². The molecular weight excluding hydrogens is 126 g/mol. The predicted octanol–water partition coefficient (Wildman–Crippen LogP) is -0.0164. The molecule has 0 saturated carbocycles. The van der Waals surface area contributed by atoms with Crippen molar-refractivity contribution in [2.24, 2.45) is 0 Å². The third kappa shape index (κ3) is 1.01. The van der Waals surface area contributed by atoms with Crippen LogP contribution in [0.15, 0.2) is 0 Å². The Kier molecular flexibility index (Phi) is 1.38. The molecule has 5 heteroatoms. The van der Waals surface area contributed by atoms with Gasteiger partial charge in [0.2, 0.25) is 0 Å². The van der Waals surface area contributed by atoms with E-state index in [9.17, 15) is 10.1 Å². The molecule has 0 N–H and O–H groups in total. The smallest absolute Gasteiger partial charge is 0.289 e. The first-order chi connectivity index (χ1) is 4.15. The van der Waals surface area contributed by atoms with E-state index in [-0.39, 0.29) is 0 Å². The third-order valence-electron chi connectivity index (χ3n) is 1.15. The highest BCUT2D eigenvalue weighted by atomic mass is 16.8. The molecule has 1 aliphatic heterocycles. The topological polar surface area (TPSA) is 61.6 Å². The zero-order valence-corrected chi connectivity index (χ0v) is 4.99. The fourth-order valence-corrected chi connectivity index (χ4v) is 0.609. The van der Waals surface area contributed by atoms with E-state index in [1.807, 2.05) is 0 Å². The number of nitrogens with zero attached hydrogens (tertiary/aromatic N) is 1. The minimum absolute atomic E-state index is 0.303. The summed E-state index contributed by atoms with van der Waals surface area (Å²) in [5.74, 6) is -1.58. The molecule has 1 saturated heterocycles. The first-order valence-corrected chi connectivity index (χ1v) is 2.57. The molecule has 0 atom stereocenters. The normalized spacial score (nSPS) is 24.1. The summed E-state index contributed by atoms with van der Waals surface area (Å²) in [6.45, 7) is 1.90. The molecule has 1 aliphatic rings. The fourth-order valence-electron chi connectivity index (χ4n) is 0.609. The van der Waals surface area contributed by atoms with Gasteiger partial charge in [0, 0.05) is 0 Å². The van der Waals surface area contributed by atoms with Gasteiger partial charge < -0.3 is 0 Å². The summed E-state index contributed by atoms with van der Waals surface area (Å²) in [5, 5.41) is 10.1. The van der Waals surface area contributed by atoms with Crippen LogP contribution in [-0.4, -0.2) is 24.0 Å². The lowest BCUT2D eigenvalue weighted by Gasteiger charge is -2.10. The van der Waals surface area contributed by atoms with Gasteiger partial charge in [-0.25, -0.2) is 0 Å². The SMILES string of the molecule is CC1([N+](=O)[O-])OCCO1. The predicted molar refractivity (Wildman–Crippen MR) is 27.3 cm³/mol. The van der Waals surface area contributed by atoms with Crippen LogP contribution >= 0.6 is 0 Å². The third-order valence-corrected chi connectivity index (χ3v) is 1.15. The van der Waals surface area contributed by atoms with Gasteiger partial charge in [-0.2, -0.15) is 0 Å². The fraction of sp³-hybridized carbons (Fsp3) is 1.00. The maximum Gasteiger partial charge on any atom is 0.439 e. The highest BCUT2D eigenvalue weighted by Gasteiger charge is 2.43. The lowest BCUT2D eigenvalue weighted by molar-refractivity contribution is -0.671. The van der Waals surface area contributed by atoms with Crippen LogP contribution in [0.25, 0.3) is 0 Å². The van der Waals surface area contributed by atoms with Crippen molar-refractivity contribution in [3.05, 3.63) is 10.1 Å². The van der Waals surface area contributed by atoms with Gasteiger partial charge in [0.05, 0.1) is 25.1 Å². The van der Waals surface area contributed by atoms with Crippen molar-refractivity contribution in [3.8, 4) is 0 Å². The van der Waals surface area contributed by atoms with Crippen LogP contribution < -0.4 is 0 Å². The molecule has 5 nitrogen and oxygen atoms in total. The Morgan fingerprint density at radius 3 is 2.22 bits per heavy atom. The van der Waals surface area contributed by atoms with E-state index in [1.54, 1.807) is 0 Å². The van der Waals surface area contributed by atoms with Crippen molar-refractivity contribution < 1.29 is 14.4 Å². The molecule has 0 amide bonds. The van der Waals surface area contributed by atoms with Gasteiger partial charge in [0.25, 0.3) is 0 Å². The molecule has 0 aliphatic carbocycles. The van der Waals surface area contributed by atoms with Gasteiger partial charge in [-0.1, -0.05) is 0 Å². The van der Waals surface area contributed by atoms with Gasteiger partial charge in [-0.05, 0) is 0 Å². The maximum absolute atomic E-state index is 10.1. The number of hydrogen-bond donors (Lipinski definition) is 0. The second kappa shape index (κ2) is 1.93. The van der Waals surface area contributed by atoms with Crippen molar-refractivity contribution in [2.45, 2.75) is 12.8 Å². The highest BCUT2D eigenvalue weighted by molar-refractivity contribution is 4.52. The first kappa shape index (κ1) is 6.44. The second-order valence-electron chi connectivity index (χ2n) is 1.85. The average Bonchev–Trinajstić information content (AvgIpc) is 2.16. The quantitative estimate of drug-likeness (QED) is 0.372. The monoisotopic (exact) mass is 133 g/mol. The van der Waals surface area contributed by atoms with Crippen LogP contribution in [0.5, 0.6) is 0 Å². The number of rotatable bonds is 1. The number of nitro groups is 1. The Labute approximate surface area is 51.7 Å².